The zero-order valence-electron chi connectivity index (χ0n) is 11.4. The van der Waals surface area contributed by atoms with E-state index in [4.69, 9.17) is 16.3 Å². The number of carbonyl (C=O) groups is 1. The van der Waals surface area contributed by atoms with Gasteiger partial charge in [-0.25, -0.2) is 4.79 Å². The molecule has 4 heteroatoms. The van der Waals surface area contributed by atoms with Gasteiger partial charge in [-0.15, -0.1) is 0 Å². The minimum atomic E-state index is -0.352. The van der Waals surface area contributed by atoms with Gasteiger partial charge in [0.05, 0.1) is 12.7 Å². The average molecular weight is 282 g/mol. The molecular formula is C15H20ClNO2. The molecule has 0 amide bonds. The quantitative estimate of drug-likeness (QED) is 0.844. The number of rotatable bonds is 4. The highest BCUT2D eigenvalue weighted by atomic mass is 35.5. The molecule has 2 rings (SSSR count). The van der Waals surface area contributed by atoms with E-state index in [1.54, 1.807) is 12.1 Å². The third kappa shape index (κ3) is 3.41. The Bertz CT molecular complexity index is 461. The number of ether oxygens (including phenoxy) is 1. The lowest BCUT2D eigenvalue weighted by Gasteiger charge is -2.17. The number of anilines is 1. The van der Waals surface area contributed by atoms with E-state index >= 15 is 0 Å². The molecule has 0 spiro atoms. The lowest BCUT2D eigenvalue weighted by Crippen LogP contribution is -2.18. The van der Waals surface area contributed by atoms with Crippen molar-refractivity contribution in [1.29, 1.82) is 0 Å². The Morgan fingerprint density at radius 3 is 2.89 bits per heavy atom. The number of esters is 1. The summed E-state index contributed by atoms with van der Waals surface area (Å²) in [5.74, 6) is 0.446. The third-order valence-corrected chi connectivity index (χ3v) is 4.10. The maximum Gasteiger partial charge on any atom is 0.340 e. The molecule has 1 aromatic rings. The summed E-state index contributed by atoms with van der Waals surface area (Å²) >= 11 is 5.94. The highest BCUT2D eigenvalue weighted by Gasteiger charge is 2.24. The van der Waals surface area contributed by atoms with Crippen molar-refractivity contribution >= 4 is 23.3 Å². The van der Waals surface area contributed by atoms with E-state index in [-0.39, 0.29) is 5.97 Å². The number of nitrogens with one attached hydrogen (secondary N) is 1. The van der Waals surface area contributed by atoms with Gasteiger partial charge < -0.3 is 10.1 Å². The van der Waals surface area contributed by atoms with Crippen LogP contribution in [0.1, 0.15) is 43.0 Å². The minimum Gasteiger partial charge on any atom is -0.465 e. The fraction of sp³-hybridized carbons (Fsp3) is 0.533. The minimum absolute atomic E-state index is 0.352. The summed E-state index contributed by atoms with van der Waals surface area (Å²) in [5, 5.41) is 4.00. The number of hydrogen-bond acceptors (Lipinski definition) is 3. The molecule has 0 heterocycles. The molecule has 0 bridgehead atoms. The van der Waals surface area contributed by atoms with E-state index in [9.17, 15) is 4.79 Å². The van der Waals surface area contributed by atoms with E-state index < -0.39 is 0 Å². The van der Waals surface area contributed by atoms with Crippen LogP contribution in [0.25, 0.3) is 0 Å². The third-order valence-electron chi connectivity index (χ3n) is 3.87. The summed E-state index contributed by atoms with van der Waals surface area (Å²) in [6.45, 7) is 2.23. The molecule has 0 aromatic heterocycles. The van der Waals surface area contributed by atoms with E-state index in [1.807, 2.05) is 6.07 Å². The number of carbonyl (C=O) groups excluding carboxylic acids is 1. The predicted octanol–water partition coefficient (Wildman–Crippen LogP) is 4.12. The molecule has 2 atom stereocenters. The van der Waals surface area contributed by atoms with Gasteiger partial charge in [0.25, 0.3) is 0 Å². The smallest absolute Gasteiger partial charge is 0.340 e. The van der Waals surface area contributed by atoms with Crippen LogP contribution in [-0.4, -0.2) is 19.1 Å². The Labute approximate surface area is 119 Å². The Morgan fingerprint density at radius 2 is 2.26 bits per heavy atom. The lowest BCUT2D eigenvalue weighted by molar-refractivity contribution is 0.0602. The van der Waals surface area contributed by atoms with Gasteiger partial charge in [-0.1, -0.05) is 24.9 Å². The van der Waals surface area contributed by atoms with Crippen molar-refractivity contribution in [3.05, 3.63) is 28.8 Å². The topological polar surface area (TPSA) is 38.3 Å². The molecule has 0 saturated heterocycles. The van der Waals surface area contributed by atoms with Gasteiger partial charge in [-0.05, 0) is 43.4 Å². The van der Waals surface area contributed by atoms with Crippen molar-refractivity contribution in [3.8, 4) is 0 Å². The molecule has 0 radical (unpaired) electrons. The van der Waals surface area contributed by atoms with Crippen LogP contribution in [0.15, 0.2) is 18.2 Å². The summed E-state index contributed by atoms with van der Waals surface area (Å²) in [7, 11) is 1.38. The highest BCUT2D eigenvalue weighted by Crippen LogP contribution is 2.31. The van der Waals surface area contributed by atoms with Crippen LogP contribution in [0, 0.1) is 5.92 Å². The number of hydrogen-bond donors (Lipinski definition) is 1. The van der Waals surface area contributed by atoms with E-state index in [2.05, 4.69) is 12.2 Å². The molecule has 0 aliphatic heterocycles. The van der Waals surface area contributed by atoms with E-state index in [0.29, 0.717) is 16.6 Å². The molecule has 3 nitrogen and oxygen atoms in total. The SMILES string of the molecule is CCC1CCC(Nc2ccc(Cl)cc2C(=O)OC)C1. The van der Waals surface area contributed by atoms with Gasteiger partial charge in [0.2, 0.25) is 0 Å². The molecule has 2 unspecified atom stereocenters. The maximum atomic E-state index is 11.8. The summed E-state index contributed by atoms with van der Waals surface area (Å²) in [4.78, 5) is 11.8. The van der Waals surface area contributed by atoms with Gasteiger partial charge in [0.15, 0.2) is 0 Å². The Balaban J connectivity index is 2.14. The summed E-state index contributed by atoms with van der Waals surface area (Å²) < 4.78 is 4.80. The van der Waals surface area contributed by atoms with Crippen LogP contribution in [0.3, 0.4) is 0 Å². The highest BCUT2D eigenvalue weighted by molar-refractivity contribution is 6.31. The first-order valence-electron chi connectivity index (χ1n) is 6.78. The second-order valence-electron chi connectivity index (χ2n) is 5.11. The maximum absolute atomic E-state index is 11.8. The molecular weight excluding hydrogens is 262 g/mol. The zero-order valence-corrected chi connectivity index (χ0v) is 12.2. The summed E-state index contributed by atoms with van der Waals surface area (Å²) in [6.07, 6.45) is 4.81. The zero-order chi connectivity index (χ0) is 13.8. The van der Waals surface area contributed by atoms with Gasteiger partial charge in [0.1, 0.15) is 0 Å². The first kappa shape index (κ1) is 14.2. The number of halogens is 1. The number of benzene rings is 1. The lowest BCUT2D eigenvalue weighted by atomic mass is 10.1. The molecule has 1 aliphatic rings. The van der Waals surface area contributed by atoms with Crippen LogP contribution < -0.4 is 5.32 Å². The van der Waals surface area contributed by atoms with Crippen molar-refractivity contribution in [2.45, 2.75) is 38.6 Å². The largest absolute Gasteiger partial charge is 0.465 e. The summed E-state index contributed by atoms with van der Waals surface area (Å²) in [5.41, 5.74) is 1.33. The summed E-state index contributed by atoms with van der Waals surface area (Å²) in [6, 6.07) is 5.74. The van der Waals surface area contributed by atoms with Crippen LogP contribution in [0.2, 0.25) is 5.02 Å². The van der Waals surface area contributed by atoms with Crippen LogP contribution in [0.4, 0.5) is 5.69 Å². The molecule has 19 heavy (non-hydrogen) atoms. The van der Waals surface area contributed by atoms with Gasteiger partial charge in [0, 0.05) is 16.8 Å². The van der Waals surface area contributed by atoms with Crippen molar-refractivity contribution < 1.29 is 9.53 Å². The van der Waals surface area contributed by atoms with Crippen LogP contribution in [0.5, 0.6) is 0 Å². The van der Waals surface area contributed by atoms with Gasteiger partial charge in [-0.3, -0.25) is 0 Å². The number of methoxy groups -OCH3 is 1. The van der Waals surface area contributed by atoms with Crippen LogP contribution >= 0.6 is 11.6 Å². The monoisotopic (exact) mass is 281 g/mol. The standard InChI is InChI=1S/C15H20ClNO2/c1-3-10-4-6-12(8-10)17-14-7-5-11(16)9-13(14)15(18)19-2/h5,7,9-10,12,17H,3-4,6,8H2,1-2H3. The van der Waals surface area contributed by atoms with Gasteiger partial charge >= 0.3 is 5.97 Å². The average Bonchev–Trinajstić information content (AvgIpc) is 2.87. The fourth-order valence-corrected chi connectivity index (χ4v) is 2.89. The Kier molecular flexibility index (Phi) is 4.70. The van der Waals surface area contributed by atoms with Crippen molar-refractivity contribution in [3.63, 3.8) is 0 Å². The first-order valence-corrected chi connectivity index (χ1v) is 7.16. The van der Waals surface area contributed by atoms with Gasteiger partial charge in [-0.2, -0.15) is 0 Å². The molecule has 1 N–H and O–H groups in total. The Morgan fingerprint density at radius 1 is 1.47 bits per heavy atom. The van der Waals surface area contributed by atoms with E-state index in [1.165, 1.54) is 26.4 Å². The first-order chi connectivity index (χ1) is 9.13. The molecule has 1 aliphatic carbocycles. The second kappa shape index (κ2) is 6.29. The van der Waals surface area contributed by atoms with Crippen molar-refractivity contribution in [1.82, 2.24) is 0 Å². The fourth-order valence-electron chi connectivity index (χ4n) is 2.72. The molecule has 1 saturated carbocycles. The van der Waals surface area contributed by atoms with Crippen LogP contribution in [-0.2, 0) is 4.74 Å². The van der Waals surface area contributed by atoms with Crippen molar-refractivity contribution in [2.75, 3.05) is 12.4 Å². The predicted molar refractivity (Wildman–Crippen MR) is 77.8 cm³/mol. The Hall–Kier alpha value is -1.22. The molecule has 104 valence electrons. The molecule has 1 aromatic carbocycles. The van der Waals surface area contributed by atoms with Crippen molar-refractivity contribution in [2.24, 2.45) is 5.92 Å². The second-order valence-corrected chi connectivity index (χ2v) is 5.55. The van der Waals surface area contributed by atoms with E-state index in [0.717, 1.165) is 18.0 Å². The normalized spacial score (nSPS) is 22.3. The molecule has 1 fully saturated rings.